The van der Waals surface area contributed by atoms with Gasteiger partial charge < -0.3 is 13.1 Å². The van der Waals surface area contributed by atoms with Gasteiger partial charge in [-0.15, -0.1) is 8.42 Å². The molecule has 1 aliphatic rings. The van der Waals surface area contributed by atoms with E-state index in [4.69, 9.17) is 4.74 Å². The highest BCUT2D eigenvalue weighted by molar-refractivity contribution is 7.83. The molecule has 1 aliphatic heterocycles. The summed E-state index contributed by atoms with van der Waals surface area (Å²) in [6.07, 6.45) is 5.59. The summed E-state index contributed by atoms with van der Waals surface area (Å²) in [6.45, 7) is 2.68. The summed E-state index contributed by atoms with van der Waals surface area (Å²) in [5, 5.41) is 0. The van der Waals surface area contributed by atoms with Gasteiger partial charge >= 0.3 is 16.3 Å². The first kappa shape index (κ1) is 11.2. The molecule has 0 N–H and O–H groups in total. The van der Waals surface area contributed by atoms with Crippen molar-refractivity contribution in [2.24, 2.45) is 0 Å². The van der Waals surface area contributed by atoms with E-state index in [1.807, 2.05) is 0 Å². The number of ether oxygens (including phenoxy) is 1. The smallest absolute Gasteiger partial charge is 0.494 e. The van der Waals surface area contributed by atoms with E-state index in [2.05, 4.69) is 15.3 Å². The van der Waals surface area contributed by atoms with Crippen LogP contribution in [-0.2, 0) is 23.5 Å². The van der Waals surface area contributed by atoms with E-state index in [-0.39, 0.29) is 5.95 Å². The van der Waals surface area contributed by atoms with Crippen LogP contribution in [0.25, 0.3) is 0 Å². The van der Waals surface area contributed by atoms with Crippen molar-refractivity contribution in [2.75, 3.05) is 6.61 Å². The predicted molar refractivity (Wildman–Crippen MR) is 49.3 cm³/mol. The quantitative estimate of drug-likeness (QED) is 0.505. The molecule has 1 heterocycles. The zero-order valence-electron chi connectivity index (χ0n) is 8.06. The number of hydrogen-bond acceptors (Lipinski definition) is 5. The van der Waals surface area contributed by atoms with E-state index in [1.54, 1.807) is 0 Å². The third-order valence-electron chi connectivity index (χ3n) is 1.66. The Morgan fingerprint density at radius 1 is 1.29 bits per heavy atom. The molecule has 0 bridgehead atoms. The second-order valence-corrected chi connectivity index (χ2v) is 4.09. The Balaban J connectivity index is 2.00. The van der Waals surface area contributed by atoms with Crippen molar-refractivity contribution >= 4 is 10.4 Å². The monoisotopic (exact) mass is 222 g/mol. The molecule has 0 saturated carbocycles. The SMILES string of the molecule is CCCCCCOC=C1OS(=O)(=O)O1. The van der Waals surface area contributed by atoms with Crippen LogP contribution in [0.2, 0.25) is 0 Å². The van der Waals surface area contributed by atoms with Crippen LogP contribution in [0.3, 0.4) is 0 Å². The lowest BCUT2D eigenvalue weighted by molar-refractivity contribution is 0.0945. The first-order valence-electron chi connectivity index (χ1n) is 4.60. The van der Waals surface area contributed by atoms with Crippen LogP contribution in [0.15, 0.2) is 12.2 Å². The molecule has 0 aromatic rings. The minimum Gasteiger partial charge on any atom is -0.494 e. The molecular formula is C8H14O5S. The maximum atomic E-state index is 10.3. The van der Waals surface area contributed by atoms with Crippen molar-refractivity contribution < 1.29 is 21.5 Å². The Labute approximate surface area is 84.0 Å². The summed E-state index contributed by atoms with van der Waals surface area (Å²) in [5.74, 6) is -0.0968. The lowest BCUT2D eigenvalue weighted by Gasteiger charge is -2.16. The van der Waals surface area contributed by atoms with Gasteiger partial charge in [0.2, 0.25) is 0 Å². The third-order valence-corrected chi connectivity index (χ3v) is 2.40. The first-order chi connectivity index (χ1) is 6.64. The first-order valence-corrected chi connectivity index (χ1v) is 5.93. The molecule has 0 atom stereocenters. The zero-order valence-corrected chi connectivity index (χ0v) is 8.88. The summed E-state index contributed by atoms with van der Waals surface area (Å²) < 4.78 is 34.1. The molecule has 0 aliphatic carbocycles. The van der Waals surface area contributed by atoms with E-state index in [9.17, 15) is 8.42 Å². The van der Waals surface area contributed by atoms with Gasteiger partial charge in [-0.2, -0.15) is 0 Å². The molecule has 14 heavy (non-hydrogen) atoms. The van der Waals surface area contributed by atoms with Gasteiger partial charge in [-0.3, -0.25) is 0 Å². The van der Waals surface area contributed by atoms with Crippen LogP contribution in [0.5, 0.6) is 0 Å². The number of hydrogen-bond donors (Lipinski definition) is 0. The van der Waals surface area contributed by atoms with Gasteiger partial charge in [0, 0.05) is 0 Å². The Morgan fingerprint density at radius 2 is 2.00 bits per heavy atom. The van der Waals surface area contributed by atoms with Crippen molar-refractivity contribution in [1.29, 1.82) is 0 Å². The predicted octanol–water partition coefficient (Wildman–Crippen LogP) is 1.67. The lowest BCUT2D eigenvalue weighted by atomic mass is 10.2. The average Bonchev–Trinajstić information content (AvgIpc) is 2.07. The van der Waals surface area contributed by atoms with E-state index in [1.165, 1.54) is 19.1 Å². The molecule has 82 valence electrons. The maximum absolute atomic E-state index is 10.3. The molecule has 6 heteroatoms. The minimum atomic E-state index is -3.73. The highest BCUT2D eigenvalue weighted by atomic mass is 32.3. The van der Waals surface area contributed by atoms with Crippen LogP contribution < -0.4 is 0 Å². The summed E-state index contributed by atoms with van der Waals surface area (Å²) in [4.78, 5) is 0. The van der Waals surface area contributed by atoms with Gasteiger partial charge in [-0.25, -0.2) is 0 Å². The molecular weight excluding hydrogens is 208 g/mol. The molecule has 0 aromatic heterocycles. The molecule has 0 aromatic carbocycles. The van der Waals surface area contributed by atoms with E-state index in [0.29, 0.717) is 6.61 Å². The van der Waals surface area contributed by atoms with Gasteiger partial charge in [-0.1, -0.05) is 26.2 Å². The van der Waals surface area contributed by atoms with E-state index in [0.717, 1.165) is 12.8 Å². The Bertz CT molecular complexity index is 279. The van der Waals surface area contributed by atoms with Crippen LogP contribution in [0.1, 0.15) is 32.6 Å². The topological polar surface area (TPSA) is 61.8 Å². The molecule has 0 spiro atoms. The third kappa shape index (κ3) is 3.87. The van der Waals surface area contributed by atoms with Crippen LogP contribution in [-0.4, -0.2) is 15.0 Å². The van der Waals surface area contributed by atoms with Crippen molar-refractivity contribution in [2.45, 2.75) is 32.6 Å². The van der Waals surface area contributed by atoms with Crippen molar-refractivity contribution in [3.05, 3.63) is 12.2 Å². The molecule has 1 rings (SSSR count). The molecule has 1 saturated heterocycles. The minimum absolute atomic E-state index is 0.0968. The second-order valence-electron chi connectivity index (χ2n) is 2.94. The fraction of sp³-hybridized carbons (Fsp3) is 0.750. The van der Waals surface area contributed by atoms with E-state index >= 15 is 0 Å². The highest BCUT2D eigenvalue weighted by Gasteiger charge is 2.32. The van der Waals surface area contributed by atoms with Crippen molar-refractivity contribution in [3.8, 4) is 0 Å². The van der Waals surface area contributed by atoms with E-state index < -0.39 is 10.4 Å². The molecule has 0 unspecified atom stereocenters. The maximum Gasteiger partial charge on any atom is 0.506 e. The molecule has 0 radical (unpaired) electrons. The molecule has 5 nitrogen and oxygen atoms in total. The van der Waals surface area contributed by atoms with Gasteiger partial charge in [0.15, 0.2) is 6.26 Å². The van der Waals surface area contributed by atoms with Crippen LogP contribution in [0.4, 0.5) is 0 Å². The lowest BCUT2D eigenvalue weighted by Crippen LogP contribution is -2.22. The second kappa shape index (κ2) is 5.09. The Kier molecular flexibility index (Phi) is 4.06. The Hall–Kier alpha value is -0.910. The number of rotatable bonds is 6. The summed E-state index contributed by atoms with van der Waals surface area (Å²) >= 11 is 0. The van der Waals surface area contributed by atoms with Crippen molar-refractivity contribution in [1.82, 2.24) is 0 Å². The summed E-state index contributed by atoms with van der Waals surface area (Å²) in [6, 6.07) is 0. The van der Waals surface area contributed by atoms with Gasteiger partial charge in [0.1, 0.15) is 0 Å². The Morgan fingerprint density at radius 3 is 2.57 bits per heavy atom. The highest BCUT2D eigenvalue weighted by Crippen LogP contribution is 2.21. The van der Waals surface area contributed by atoms with Crippen LogP contribution in [0, 0.1) is 0 Å². The standard InChI is InChI=1S/C8H14O5S/c1-2-3-4-5-6-11-7-8-12-14(9,10)13-8/h7H,2-6H2,1H3. The fourth-order valence-electron chi connectivity index (χ4n) is 0.986. The average molecular weight is 222 g/mol. The number of unbranched alkanes of at least 4 members (excludes halogenated alkanes) is 3. The molecule has 0 amide bonds. The summed E-state index contributed by atoms with van der Waals surface area (Å²) in [5.41, 5.74) is 0. The summed E-state index contributed by atoms with van der Waals surface area (Å²) in [7, 11) is -3.73. The van der Waals surface area contributed by atoms with Gasteiger partial charge in [-0.05, 0) is 6.42 Å². The van der Waals surface area contributed by atoms with Crippen LogP contribution >= 0.6 is 0 Å². The largest absolute Gasteiger partial charge is 0.506 e. The molecule has 1 fully saturated rings. The fourth-order valence-corrected chi connectivity index (χ4v) is 1.48. The normalized spacial score (nSPS) is 17.6. The van der Waals surface area contributed by atoms with Crippen molar-refractivity contribution in [3.63, 3.8) is 0 Å². The van der Waals surface area contributed by atoms with Gasteiger partial charge in [0.05, 0.1) is 6.61 Å². The zero-order chi connectivity index (χ0) is 10.4. The van der Waals surface area contributed by atoms with Gasteiger partial charge in [0.25, 0.3) is 0 Å².